The molecule has 2 amide bonds. The molecule has 2 unspecified atom stereocenters. The number of methoxy groups -OCH3 is 2. The van der Waals surface area contributed by atoms with Crippen LogP contribution in [0, 0.1) is 12.8 Å². The Balaban J connectivity index is 1.80. The quantitative estimate of drug-likeness (QED) is 0.643. The van der Waals surface area contributed by atoms with Crippen molar-refractivity contribution in [1.29, 1.82) is 0 Å². The van der Waals surface area contributed by atoms with Gasteiger partial charge in [0.05, 0.1) is 20.3 Å². The Morgan fingerprint density at radius 2 is 1.74 bits per heavy atom. The summed E-state index contributed by atoms with van der Waals surface area (Å²) in [4.78, 5) is 25.2. The SMILES string of the molecule is COc1ccc(C(Cc2ccccc2C)NC(=O)C(C)NC(=O)C2CCC2)cc1OC. The van der Waals surface area contributed by atoms with Crippen molar-refractivity contribution in [1.82, 2.24) is 10.6 Å². The second-order valence-corrected chi connectivity index (χ2v) is 8.16. The summed E-state index contributed by atoms with van der Waals surface area (Å²) in [5.74, 6) is 1.05. The summed E-state index contributed by atoms with van der Waals surface area (Å²) in [5.41, 5.74) is 3.22. The van der Waals surface area contributed by atoms with Crippen molar-refractivity contribution >= 4 is 11.8 Å². The monoisotopic (exact) mass is 424 g/mol. The summed E-state index contributed by atoms with van der Waals surface area (Å²) >= 11 is 0. The Morgan fingerprint density at radius 3 is 2.35 bits per heavy atom. The first kappa shape index (κ1) is 22.7. The average Bonchev–Trinajstić information content (AvgIpc) is 2.72. The van der Waals surface area contributed by atoms with E-state index in [0.29, 0.717) is 17.9 Å². The Hall–Kier alpha value is -3.02. The topological polar surface area (TPSA) is 76.7 Å². The van der Waals surface area contributed by atoms with E-state index in [1.807, 2.05) is 30.3 Å². The first-order valence-electron chi connectivity index (χ1n) is 10.8. The highest BCUT2D eigenvalue weighted by atomic mass is 16.5. The van der Waals surface area contributed by atoms with E-state index in [-0.39, 0.29) is 23.8 Å². The molecule has 2 aromatic rings. The van der Waals surface area contributed by atoms with Gasteiger partial charge in [0, 0.05) is 5.92 Å². The Labute approximate surface area is 184 Å². The molecule has 1 aliphatic rings. The molecule has 0 spiro atoms. The third-order valence-corrected chi connectivity index (χ3v) is 6.04. The first-order valence-corrected chi connectivity index (χ1v) is 10.8. The van der Waals surface area contributed by atoms with E-state index in [1.165, 1.54) is 0 Å². The number of nitrogens with one attached hydrogen (secondary N) is 2. The number of aryl methyl sites for hydroxylation is 1. The van der Waals surface area contributed by atoms with Crippen LogP contribution in [0.2, 0.25) is 0 Å². The summed E-state index contributed by atoms with van der Waals surface area (Å²) in [6.45, 7) is 3.79. The fraction of sp³-hybridized carbons (Fsp3) is 0.440. The zero-order valence-electron chi connectivity index (χ0n) is 18.7. The van der Waals surface area contributed by atoms with Gasteiger partial charge in [0.15, 0.2) is 11.5 Å². The minimum Gasteiger partial charge on any atom is -0.493 e. The van der Waals surface area contributed by atoms with Crippen LogP contribution in [0.4, 0.5) is 0 Å². The zero-order valence-corrected chi connectivity index (χ0v) is 18.7. The molecule has 166 valence electrons. The highest BCUT2D eigenvalue weighted by molar-refractivity contribution is 5.88. The maximum Gasteiger partial charge on any atom is 0.242 e. The first-order chi connectivity index (χ1) is 14.9. The number of carbonyl (C=O) groups excluding carboxylic acids is 2. The van der Waals surface area contributed by atoms with Crippen molar-refractivity contribution in [3.63, 3.8) is 0 Å². The smallest absolute Gasteiger partial charge is 0.242 e. The van der Waals surface area contributed by atoms with Gasteiger partial charge < -0.3 is 20.1 Å². The molecule has 1 aliphatic carbocycles. The molecule has 0 aliphatic heterocycles. The van der Waals surface area contributed by atoms with E-state index in [1.54, 1.807) is 21.1 Å². The van der Waals surface area contributed by atoms with Gasteiger partial charge in [-0.15, -0.1) is 0 Å². The maximum absolute atomic E-state index is 13.0. The number of hydrogen-bond acceptors (Lipinski definition) is 4. The number of amides is 2. The van der Waals surface area contributed by atoms with Gasteiger partial charge in [-0.05, 0) is 61.9 Å². The Bertz CT molecular complexity index is 923. The van der Waals surface area contributed by atoms with Crippen molar-refractivity contribution < 1.29 is 19.1 Å². The number of ether oxygens (including phenoxy) is 2. The third kappa shape index (κ3) is 5.57. The third-order valence-electron chi connectivity index (χ3n) is 6.04. The molecule has 2 atom stereocenters. The van der Waals surface area contributed by atoms with Gasteiger partial charge in [-0.1, -0.05) is 36.8 Å². The van der Waals surface area contributed by atoms with E-state index in [0.717, 1.165) is 36.0 Å². The number of benzene rings is 2. The zero-order chi connectivity index (χ0) is 22.4. The summed E-state index contributed by atoms with van der Waals surface area (Å²) < 4.78 is 10.8. The molecule has 0 heterocycles. The summed E-state index contributed by atoms with van der Waals surface area (Å²) in [6, 6.07) is 12.9. The van der Waals surface area contributed by atoms with Crippen LogP contribution in [0.3, 0.4) is 0 Å². The van der Waals surface area contributed by atoms with Crippen LogP contribution in [0.5, 0.6) is 11.5 Å². The van der Waals surface area contributed by atoms with E-state index in [2.05, 4.69) is 29.7 Å². The van der Waals surface area contributed by atoms with E-state index in [4.69, 9.17) is 9.47 Å². The van der Waals surface area contributed by atoms with Crippen LogP contribution in [0.1, 0.15) is 48.9 Å². The van der Waals surface area contributed by atoms with Gasteiger partial charge in [-0.2, -0.15) is 0 Å². The molecular weight excluding hydrogens is 392 g/mol. The van der Waals surface area contributed by atoms with Crippen molar-refractivity contribution in [2.24, 2.45) is 5.92 Å². The molecule has 3 rings (SSSR count). The second kappa shape index (κ2) is 10.3. The lowest BCUT2D eigenvalue weighted by Gasteiger charge is -2.27. The molecule has 6 nitrogen and oxygen atoms in total. The summed E-state index contributed by atoms with van der Waals surface area (Å²) in [7, 11) is 3.19. The van der Waals surface area contributed by atoms with Crippen LogP contribution in [0.25, 0.3) is 0 Å². The highest BCUT2D eigenvalue weighted by Crippen LogP contribution is 2.31. The number of rotatable bonds is 9. The maximum atomic E-state index is 13.0. The summed E-state index contributed by atoms with van der Waals surface area (Å²) in [5, 5.41) is 5.99. The van der Waals surface area contributed by atoms with Crippen LogP contribution in [-0.2, 0) is 16.0 Å². The molecule has 31 heavy (non-hydrogen) atoms. The van der Waals surface area contributed by atoms with E-state index < -0.39 is 6.04 Å². The minimum absolute atomic E-state index is 0.0320. The highest BCUT2D eigenvalue weighted by Gasteiger charge is 2.28. The fourth-order valence-electron chi connectivity index (χ4n) is 3.74. The van der Waals surface area contributed by atoms with Gasteiger partial charge in [-0.3, -0.25) is 9.59 Å². The number of carbonyl (C=O) groups is 2. The standard InChI is InChI=1S/C25H32N2O4/c1-16-8-5-6-9-19(16)14-21(20-12-13-22(30-3)23(15-20)31-4)27-24(28)17(2)26-25(29)18-10-7-11-18/h5-6,8-9,12-13,15,17-18,21H,7,10-11,14H2,1-4H3,(H,26,29)(H,27,28). The van der Waals surface area contributed by atoms with Crippen LogP contribution in [-0.4, -0.2) is 32.1 Å². The molecular formula is C25H32N2O4. The predicted octanol–water partition coefficient (Wildman–Crippen LogP) is 3.72. The van der Waals surface area contributed by atoms with Crippen LogP contribution < -0.4 is 20.1 Å². The Kier molecular flexibility index (Phi) is 7.55. The van der Waals surface area contributed by atoms with Crippen LogP contribution >= 0.6 is 0 Å². The van der Waals surface area contributed by atoms with Gasteiger partial charge in [0.1, 0.15) is 6.04 Å². The molecule has 0 bridgehead atoms. The summed E-state index contributed by atoms with van der Waals surface area (Å²) in [6.07, 6.45) is 3.51. The van der Waals surface area contributed by atoms with Gasteiger partial charge >= 0.3 is 0 Å². The normalized spacial score (nSPS) is 15.4. The molecule has 6 heteroatoms. The molecule has 1 saturated carbocycles. The molecule has 2 aromatic carbocycles. The van der Waals surface area contributed by atoms with Gasteiger partial charge in [-0.25, -0.2) is 0 Å². The molecule has 0 saturated heterocycles. The lowest BCUT2D eigenvalue weighted by atomic mass is 9.84. The molecule has 0 radical (unpaired) electrons. The van der Waals surface area contributed by atoms with E-state index >= 15 is 0 Å². The van der Waals surface area contributed by atoms with Crippen molar-refractivity contribution in [3.8, 4) is 11.5 Å². The molecule has 0 aromatic heterocycles. The predicted molar refractivity (Wildman–Crippen MR) is 120 cm³/mol. The fourth-order valence-corrected chi connectivity index (χ4v) is 3.74. The lowest BCUT2D eigenvalue weighted by molar-refractivity contribution is -0.132. The largest absolute Gasteiger partial charge is 0.493 e. The van der Waals surface area contributed by atoms with Gasteiger partial charge in [0.2, 0.25) is 11.8 Å². The van der Waals surface area contributed by atoms with Crippen molar-refractivity contribution in [2.45, 2.75) is 51.6 Å². The second-order valence-electron chi connectivity index (χ2n) is 8.16. The van der Waals surface area contributed by atoms with Gasteiger partial charge in [0.25, 0.3) is 0 Å². The molecule has 2 N–H and O–H groups in total. The van der Waals surface area contributed by atoms with Crippen LogP contribution in [0.15, 0.2) is 42.5 Å². The van der Waals surface area contributed by atoms with Crippen molar-refractivity contribution in [2.75, 3.05) is 14.2 Å². The van der Waals surface area contributed by atoms with Crippen molar-refractivity contribution in [3.05, 3.63) is 59.2 Å². The number of hydrogen-bond donors (Lipinski definition) is 2. The van der Waals surface area contributed by atoms with E-state index in [9.17, 15) is 9.59 Å². The molecule has 1 fully saturated rings. The average molecular weight is 425 g/mol. The lowest BCUT2D eigenvalue weighted by Crippen LogP contribution is -2.48. The minimum atomic E-state index is -0.604. The Morgan fingerprint density at radius 1 is 1.03 bits per heavy atom.